The van der Waals surface area contributed by atoms with E-state index in [1.807, 2.05) is 19.1 Å². The molecule has 6 heteroatoms. The molecule has 0 spiro atoms. The number of nitrogens with one attached hydrogen (secondary N) is 1. The van der Waals surface area contributed by atoms with Crippen molar-refractivity contribution in [1.29, 1.82) is 0 Å². The van der Waals surface area contributed by atoms with E-state index in [2.05, 4.69) is 42.1 Å². The summed E-state index contributed by atoms with van der Waals surface area (Å²) in [6, 6.07) is 8.48. The van der Waals surface area contributed by atoms with Crippen molar-refractivity contribution in [2.45, 2.75) is 39.8 Å². The quantitative estimate of drug-likeness (QED) is 0.527. The zero-order chi connectivity index (χ0) is 19.2. The molecule has 0 amide bonds. The first-order valence-electron chi connectivity index (χ1n) is 9.08. The van der Waals surface area contributed by atoms with Crippen LogP contribution >= 0.6 is 22.7 Å². The Hall–Kier alpha value is -1.89. The third-order valence-corrected chi connectivity index (χ3v) is 6.36. The maximum absolute atomic E-state index is 5.61. The average Bonchev–Trinajstić information content (AvgIpc) is 3.29. The number of nitrogens with zero attached hydrogens (tertiary/aromatic N) is 1. The molecule has 4 nitrogen and oxygen atoms in total. The number of thiazole rings is 1. The summed E-state index contributed by atoms with van der Waals surface area (Å²) < 4.78 is 11.1. The van der Waals surface area contributed by atoms with E-state index in [1.165, 1.54) is 10.4 Å². The molecule has 1 atom stereocenters. The highest BCUT2D eigenvalue weighted by molar-refractivity contribution is 7.11. The van der Waals surface area contributed by atoms with Gasteiger partial charge in [-0.3, -0.25) is 0 Å². The second kappa shape index (κ2) is 9.35. The summed E-state index contributed by atoms with van der Waals surface area (Å²) in [7, 11) is 1.68. The number of aryl methyl sites for hydroxylation is 2. The van der Waals surface area contributed by atoms with Gasteiger partial charge < -0.3 is 14.8 Å². The Kier molecular flexibility index (Phi) is 6.88. The van der Waals surface area contributed by atoms with Gasteiger partial charge in [-0.1, -0.05) is 6.07 Å². The number of methoxy groups -OCH3 is 1. The maximum Gasteiger partial charge on any atom is 0.161 e. The van der Waals surface area contributed by atoms with E-state index in [-0.39, 0.29) is 6.04 Å². The number of benzene rings is 1. The van der Waals surface area contributed by atoms with Crippen molar-refractivity contribution >= 4 is 22.7 Å². The summed E-state index contributed by atoms with van der Waals surface area (Å²) in [5.41, 5.74) is 3.62. The predicted molar refractivity (Wildman–Crippen MR) is 113 cm³/mol. The largest absolute Gasteiger partial charge is 0.493 e. The van der Waals surface area contributed by atoms with Crippen LogP contribution in [0, 0.1) is 13.8 Å². The Labute approximate surface area is 169 Å². The van der Waals surface area contributed by atoms with E-state index >= 15 is 0 Å². The van der Waals surface area contributed by atoms with Crippen molar-refractivity contribution in [3.05, 3.63) is 61.7 Å². The van der Waals surface area contributed by atoms with E-state index in [0.717, 1.165) is 40.7 Å². The van der Waals surface area contributed by atoms with E-state index in [4.69, 9.17) is 14.5 Å². The second-order valence-corrected chi connectivity index (χ2v) is 8.40. The Morgan fingerprint density at radius 1 is 1.15 bits per heavy atom. The molecule has 0 aliphatic carbocycles. The summed E-state index contributed by atoms with van der Waals surface area (Å²) in [5.74, 6) is 1.55. The Morgan fingerprint density at radius 2 is 2.00 bits per heavy atom. The van der Waals surface area contributed by atoms with Crippen LogP contribution in [0.1, 0.15) is 39.7 Å². The predicted octanol–water partition coefficient (Wildman–Crippen LogP) is 5.30. The molecule has 0 saturated carbocycles. The molecule has 0 radical (unpaired) electrons. The van der Waals surface area contributed by atoms with Gasteiger partial charge in [0, 0.05) is 11.4 Å². The molecule has 3 aromatic rings. The molecular weight excluding hydrogens is 376 g/mol. The second-order valence-electron chi connectivity index (χ2n) is 6.38. The summed E-state index contributed by atoms with van der Waals surface area (Å²) >= 11 is 3.52. The standard InChI is InChI=1S/C21H26N2O2S2/c1-5-25-19-7-6-16(11-20(19)24-4)12-22-18(10-17-8-9-26-13-17)21-23-14(2)15(3)27-21/h6-9,11,13,18,22H,5,10,12H2,1-4H3/t18-/m1/s1. The molecule has 2 aromatic heterocycles. The van der Waals surface area contributed by atoms with Crippen LogP contribution in [-0.2, 0) is 13.0 Å². The fraction of sp³-hybridized carbons (Fsp3) is 0.381. The molecule has 0 saturated heterocycles. The van der Waals surface area contributed by atoms with Gasteiger partial charge in [0.1, 0.15) is 5.01 Å². The van der Waals surface area contributed by atoms with Crippen LogP contribution in [0.4, 0.5) is 0 Å². The molecule has 0 fully saturated rings. The van der Waals surface area contributed by atoms with Gasteiger partial charge in [0.05, 0.1) is 25.5 Å². The van der Waals surface area contributed by atoms with E-state index in [9.17, 15) is 0 Å². The van der Waals surface area contributed by atoms with Gasteiger partial charge in [0.25, 0.3) is 0 Å². The number of hydrogen-bond donors (Lipinski definition) is 1. The van der Waals surface area contributed by atoms with Gasteiger partial charge in [-0.2, -0.15) is 11.3 Å². The number of thiophene rings is 1. The summed E-state index contributed by atoms with van der Waals surface area (Å²) in [4.78, 5) is 6.07. The van der Waals surface area contributed by atoms with E-state index in [0.29, 0.717) is 6.61 Å². The lowest BCUT2D eigenvalue weighted by Gasteiger charge is -2.17. The monoisotopic (exact) mass is 402 g/mol. The molecule has 1 N–H and O–H groups in total. The lowest BCUT2D eigenvalue weighted by molar-refractivity contribution is 0.310. The van der Waals surface area contributed by atoms with Crippen molar-refractivity contribution in [1.82, 2.24) is 10.3 Å². The molecule has 0 aliphatic heterocycles. The fourth-order valence-electron chi connectivity index (χ4n) is 2.88. The maximum atomic E-state index is 5.61. The van der Waals surface area contributed by atoms with Crippen LogP contribution < -0.4 is 14.8 Å². The molecule has 3 rings (SSSR count). The normalized spacial score (nSPS) is 12.1. The first-order chi connectivity index (χ1) is 13.1. The topological polar surface area (TPSA) is 43.4 Å². The summed E-state index contributed by atoms with van der Waals surface area (Å²) in [6.07, 6.45) is 0.935. The van der Waals surface area contributed by atoms with Gasteiger partial charge in [-0.05, 0) is 67.3 Å². The van der Waals surface area contributed by atoms with Gasteiger partial charge in [0.15, 0.2) is 11.5 Å². The van der Waals surface area contributed by atoms with Gasteiger partial charge in [-0.15, -0.1) is 11.3 Å². The molecule has 0 bridgehead atoms. The van der Waals surface area contributed by atoms with Gasteiger partial charge in [0.2, 0.25) is 0 Å². The van der Waals surface area contributed by atoms with Crippen LogP contribution in [0.25, 0.3) is 0 Å². The summed E-state index contributed by atoms with van der Waals surface area (Å²) in [6.45, 7) is 7.56. The molecular formula is C21H26N2O2S2. The third kappa shape index (κ3) is 5.09. The zero-order valence-corrected chi connectivity index (χ0v) is 17.9. The highest BCUT2D eigenvalue weighted by atomic mass is 32.1. The molecule has 0 aliphatic rings. The number of ether oxygens (including phenoxy) is 2. The van der Waals surface area contributed by atoms with Crippen LogP contribution in [0.3, 0.4) is 0 Å². The minimum atomic E-state index is 0.189. The molecule has 27 heavy (non-hydrogen) atoms. The van der Waals surface area contributed by atoms with Crippen LogP contribution in [0.2, 0.25) is 0 Å². The lowest BCUT2D eigenvalue weighted by Crippen LogP contribution is -2.23. The average molecular weight is 403 g/mol. The minimum absolute atomic E-state index is 0.189. The summed E-state index contributed by atoms with van der Waals surface area (Å²) in [5, 5.41) is 9.17. The lowest BCUT2D eigenvalue weighted by atomic mass is 10.1. The third-order valence-electron chi connectivity index (χ3n) is 4.44. The van der Waals surface area contributed by atoms with Crippen LogP contribution in [0.15, 0.2) is 35.0 Å². The Bertz CT molecular complexity index is 840. The van der Waals surface area contributed by atoms with Crippen molar-refractivity contribution in [2.24, 2.45) is 0 Å². The number of hydrogen-bond acceptors (Lipinski definition) is 6. The molecule has 144 valence electrons. The fourth-order valence-corrected chi connectivity index (χ4v) is 4.56. The number of rotatable bonds is 9. The highest BCUT2D eigenvalue weighted by Gasteiger charge is 2.18. The first-order valence-corrected chi connectivity index (χ1v) is 10.8. The highest BCUT2D eigenvalue weighted by Crippen LogP contribution is 2.30. The SMILES string of the molecule is CCOc1ccc(CN[C@H](Cc2ccsc2)c2nc(C)c(C)s2)cc1OC. The van der Waals surface area contributed by atoms with Gasteiger partial charge >= 0.3 is 0 Å². The van der Waals surface area contributed by atoms with Crippen molar-refractivity contribution < 1.29 is 9.47 Å². The Morgan fingerprint density at radius 3 is 2.63 bits per heavy atom. The molecule has 0 unspecified atom stereocenters. The zero-order valence-electron chi connectivity index (χ0n) is 16.2. The minimum Gasteiger partial charge on any atom is -0.493 e. The van der Waals surface area contributed by atoms with Crippen LogP contribution in [-0.4, -0.2) is 18.7 Å². The van der Waals surface area contributed by atoms with Crippen LogP contribution in [0.5, 0.6) is 11.5 Å². The van der Waals surface area contributed by atoms with Crippen molar-refractivity contribution in [2.75, 3.05) is 13.7 Å². The van der Waals surface area contributed by atoms with Gasteiger partial charge in [-0.25, -0.2) is 4.98 Å². The molecule has 1 aromatic carbocycles. The van der Waals surface area contributed by atoms with E-state index in [1.54, 1.807) is 29.8 Å². The first kappa shape index (κ1) is 19.9. The van der Waals surface area contributed by atoms with Crippen molar-refractivity contribution in [3.8, 4) is 11.5 Å². The smallest absolute Gasteiger partial charge is 0.161 e. The number of aromatic nitrogens is 1. The molecule has 2 heterocycles. The van der Waals surface area contributed by atoms with Crippen molar-refractivity contribution in [3.63, 3.8) is 0 Å². The Balaban J connectivity index is 1.76. The van der Waals surface area contributed by atoms with E-state index < -0.39 is 0 Å².